The molecule has 7 nitrogen and oxygen atoms in total. The van der Waals surface area contributed by atoms with Crippen LogP contribution in [0.3, 0.4) is 0 Å². The molecule has 1 aromatic rings. The van der Waals surface area contributed by atoms with Gasteiger partial charge in [0.05, 0.1) is 0 Å². The maximum Gasteiger partial charge on any atom is 0.350 e. The number of esters is 2. The summed E-state index contributed by atoms with van der Waals surface area (Å²) in [5.41, 5.74) is 1.04. The Kier molecular flexibility index (Phi) is 4.01. The number of benzene rings is 1. The van der Waals surface area contributed by atoms with Crippen LogP contribution in [0.25, 0.3) is 0 Å². The van der Waals surface area contributed by atoms with Crippen LogP contribution in [-0.4, -0.2) is 23.6 Å². The van der Waals surface area contributed by atoms with Crippen LogP contribution in [0.5, 0.6) is 0 Å². The lowest BCUT2D eigenvalue weighted by Crippen LogP contribution is -2.42. The molecule has 0 spiro atoms. The second kappa shape index (κ2) is 5.99. The molecule has 3 rings (SSSR count). The van der Waals surface area contributed by atoms with Crippen molar-refractivity contribution in [3.63, 3.8) is 0 Å². The van der Waals surface area contributed by atoms with Crippen LogP contribution in [-0.2, 0) is 23.9 Å². The molecule has 0 bridgehead atoms. The normalized spacial score (nSPS) is 19.2. The minimum absolute atomic E-state index is 0.00664. The van der Waals surface area contributed by atoms with Gasteiger partial charge in [0.2, 0.25) is 5.91 Å². The zero-order valence-electron chi connectivity index (χ0n) is 13.4. The summed E-state index contributed by atoms with van der Waals surface area (Å²) in [5, 5.41) is 5.67. The van der Waals surface area contributed by atoms with Crippen LogP contribution < -0.4 is 10.6 Å². The highest BCUT2D eigenvalue weighted by atomic mass is 16.7. The molecule has 1 aliphatic carbocycles. The Morgan fingerprint density at radius 3 is 2.42 bits per heavy atom. The van der Waals surface area contributed by atoms with Crippen molar-refractivity contribution in [1.29, 1.82) is 0 Å². The highest BCUT2D eigenvalue weighted by molar-refractivity contribution is 6.15. The Morgan fingerprint density at radius 1 is 1.17 bits per heavy atom. The summed E-state index contributed by atoms with van der Waals surface area (Å²) in [6.07, 6.45) is 3.09. The molecule has 2 N–H and O–H groups in total. The van der Waals surface area contributed by atoms with Crippen molar-refractivity contribution in [2.24, 2.45) is 5.92 Å². The standard InChI is InChI=1S/C17H18N2O5/c1-17(2)23-15(21)13(16(22)24-17)9-18-11-4-3-5-12(8-11)19-14(20)10-6-7-10/h3-5,8-10,18H,6-7H2,1-2H3,(H,19,20). The van der Waals surface area contributed by atoms with Gasteiger partial charge in [0.1, 0.15) is 0 Å². The highest BCUT2D eigenvalue weighted by Gasteiger charge is 2.38. The Hall–Kier alpha value is -2.83. The minimum Gasteiger partial charge on any atom is -0.419 e. The molecule has 7 heteroatoms. The number of hydrogen-bond donors (Lipinski definition) is 2. The van der Waals surface area contributed by atoms with Crippen LogP contribution in [0.1, 0.15) is 26.7 Å². The number of carbonyl (C=O) groups excluding carboxylic acids is 3. The second-order valence-corrected chi connectivity index (χ2v) is 6.23. The molecule has 1 heterocycles. The van der Waals surface area contributed by atoms with Crippen LogP contribution in [0.4, 0.5) is 11.4 Å². The van der Waals surface area contributed by atoms with E-state index in [-0.39, 0.29) is 17.4 Å². The molecule has 24 heavy (non-hydrogen) atoms. The third-order valence-corrected chi connectivity index (χ3v) is 3.58. The van der Waals surface area contributed by atoms with Crippen molar-refractivity contribution in [3.8, 4) is 0 Å². The van der Waals surface area contributed by atoms with Gasteiger partial charge in [-0.15, -0.1) is 0 Å². The first-order valence-corrected chi connectivity index (χ1v) is 7.68. The van der Waals surface area contributed by atoms with E-state index in [1.54, 1.807) is 24.3 Å². The molecule has 0 radical (unpaired) electrons. The van der Waals surface area contributed by atoms with Crippen LogP contribution in [0, 0.1) is 5.92 Å². The van der Waals surface area contributed by atoms with Gasteiger partial charge in [-0.1, -0.05) is 6.07 Å². The van der Waals surface area contributed by atoms with E-state index in [1.807, 2.05) is 0 Å². The number of nitrogens with one attached hydrogen (secondary N) is 2. The van der Waals surface area contributed by atoms with Gasteiger partial charge in [-0.25, -0.2) is 9.59 Å². The summed E-state index contributed by atoms with van der Waals surface area (Å²) in [7, 11) is 0. The van der Waals surface area contributed by atoms with E-state index >= 15 is 0 Å². The Labute approximate surface area is 139 Å². The molecule has 0 unspecified atom stereocenters. The van der Waals surface area contributed by atoms with E-state index in [1.165, 1.54) is 20.0 Å². The molecule has 1 aromatic carbocycles. The summed E-state index contributed by atoms with van der Waals surface area (Å²) in [4.78, 5) is 35.5. The van der Waals surface area contributed by atoms with E-state index in [2.05, 4.69) is 10.6 Å². The fourth-order valence-electron chi connectivity index (χ4n) is 2.21. The van der Waals surface area contributed by atoms with Crippen molar-refractivity contribution in [3.05, 3.63) is 36.0 Å². The van der Waals surface area contributed by atoms with Crippen LogP contribution in [0.15, 0.2) is 36.0 Å². The number of cyclic esters (lactones) is 2. The van der Waals surface area contributed by atoms with Crippen LogP contribution in [0.2, 0.25) is 0 Å². The van der Waals surface area contributed by atoms with Gasteiger partial charge in [0, 0.05) is 37.3 Å². The molecule has 126 valence electrons. The molecular formula is C17H18N2O5. The molecule has 0 atom stereocenters. The summed E-state index contributed by atoms with van der Waals surface area (Å²) in [6.45, 7) is 2.97. The monoisotopic (exact) mass is 330 g/mol. The first kappa shape index (κ1) is 16.0. The number of ether oxygens (including phenoxy) is 2. The summed E-state index contributed by atoms with van der Waals surface area (Å²) < 4.78 is 10.0. The maximum absolute atomic E-state index is 11.8. The molecule has 1 saturated heterocycles. The lowest BCUT2D eigenvalue weighted by atomic mass is 10.2. The lowest BCUT2D eigenvalue weighted by Gasteiger charge is -2.29. The van der Waals surface area contributed by atoms with Gasteiger partial charge < -0.3 is 20.1 Å². The predicted octanol–water partition coefficient (Wildman–Crippen LogP) is 2.17. The fraction of sp³-hybridized carbons (Fsp3) is 0.353. The predicted molar refractivity (Wildman–Crippen MR) is 85.8 cm³/mol. The van der Waals surface area contributed by atoms with Crippen molar-refractivity contribution in [2.75, 3.05) is 10.6 Å². The Balaban J connectivity index is 1.68. The van der Waals surface area contributed by atoms with E-state index in [0.29, 0.717) is 11.4 Å². The molecule has 1 amide bonds. The second-order valence-electron chi connectivity index (χ2n) is 6.23. The van der Waals surface area contributed by atoms with Crippen molar-refractivity contribution >= 4 is 29.2 Å². The Morgan fingerprint density at radius 2 is 1.79 bits per heavy atom. The van der Waals surface area contributed by atoms with Gasteiger partial charge in [-0.3, -0.25) is 4.79 Å². The van der Waals surface area contributed by atoms with E-state index in [0.717, 1.165) is 12.8 Å². The van der Waals surface area contributed by atoms with Gasteiger partial charge in [0.15, 0.2) is 5.57 Å². The molecule has 0 aromatic heterocycles. The molecule has 2 aliphatic rings. The quantitative estimate of drug-likeness (QED) is 0.499. The largest absolute Gasteiger partial charge is 0.419 e. The minimum atomic E-state index is -1.27. The summed E-state index contributed by atoms with van der Waals surface area (Å²) >= 11 is 0. The maximum atomic E-state index is 11.8. The third-order valence-electron chi connectivity index (χ3n) is 3.58. The molecule has 1 aliphatic heterocycles. The van der Waals surface area contributed by atoms with Crippen molar-refractivity contribution in [1.82, 2.24) is 0 Å². The van der Waals surface area contributed by atoms with Gasteiger partial charge in [0.25, 0.3) is 5.79 Å². The third kappa shape index (κ3) is 3.73. The summed E-state index contributed by atoms with van der Waals surface area (Å²) in [6, 6.07) is 6.97. The SMILES string of the molecule is CC1(C)OC(=O)C(=CNc2cccc(NC(=O)C3CC3)c2)C(=O)O1. The average Bonchev–Trinajstić information content (AvgIpc) is 3.30. The zero-order valence-corrected chi connectivity index (χ0v) is 13.4. The molecular weight excluding hydrogens is 312 g/mol. The van der Waals surface area contributed by atoms with Gasteiger partial charge in [-0.2, -0.15) is 0 Å². The van der Waals surface area contributed by atoms with E-state index in [9.17, 15) is 14.4 Å². The average molecular weight is 330 g/mol. The first-order valence-electron chi connectivity index (χ1n) is 7.68. The van der Waals surface area contributed by atoms with E-state index in [4.69, 9.17) is 9.47 Å². The smallest absolute Gasteiger partial charge is 0.350 e. The number of hydrogen-bond acceptors (Lipinski definition) is 6. The van der Waals surface area contributed by atoms with Gasteiger partial charge >= 0.3 is 11.9 Å². The number of anilines is 2. The highest BCUT2D eigenvalue weighted by Crippen LogP contribution is 2.30. The lowest BCUT2D eigenvalue weighted by molar-refractivity contribution is -0.222. The number of rotatable bonds is 4. The first-order chi connectivity index (χ1) is 11.3. The van der Waals surface area contributed by atoms with Crippen LogP contribution >= 0.6 is 0 Å². The molecule has 2 fully saturated rings. The van der Waals surface area contributed by atoms with Gasteiger partial charge in [-0.05, 0) is 31.0 Å². The fourth-order valence-corrected chi connectivity index (χ4v) is 2.21. The van der Waals surface area contributed by atoms with Crippen molar-refractivity contribution in [2.45, 2.75) is 32.5 Å². The number of amides is 1. The van der Waals surface area contributed by atoms with E-state index < -0.39 is 17.7 Å². The number of carbonyl (C=O) groups is 3. The molecule has 1 saturated carbocycles. The Bertz CT molecular complexity index is 712. The summed E-state index contributed by atoms with van der Waals surface area (Å²) in [5.74, 6) is -2.65. The zero-order chi connectivity index (χ0) is 17.3. The van der Waals surface area contributed by atoms with Crippen molar-refractivity contribution < 1.29 is 23.9 Å². The topological polar surface area (TPSA) is 93.7 Å².